The van der Waals surface area contributed by atoms with Crippen LogP contribution in [0.15, 0.2) is 218 Å². The standard InChI is InChI=1S/C60H44N2O8/c63-53-49(54(64)58(68)51(57(53)67)61(45-29-21-41(22-30-45)37-13-5-1-6-14-37)46-31-23-42(24-32-46)38-15-7-2-8-16-38)50-55(65)59(69)52(60(70)56(50)66)62(47-33-25-43(26-34-47)39-17-9-3-10-18-39)48-35-27-44(28-36-48)40-19-11-4-12-20-40/h1-36,63-70H. The molecule has 0 aliphatic carbocycles. The third-order valence-electron chi connectivity index (χ3n) is 12.4. The van der Waals surface area contributed by atoms with Crippen LogP contribution in [0, 0.1) is 0 Å². The molecular weight excluding hydrogens is 877 g/mol. The molecule has 70 heavy (non-hydrogen) atoms. The lowest BCUT2D eigenvalue weighted by Gasteiger charge is -2.30. The van der Waals surface area contributed by atoms with Crippen LogP contribution in [0.2, 0.25) is 0 Å². The quantitative estimate of drug-likeness (QED) is 0.0462. The first-order valence-electron chi connectivity index (χ1n) is 22.3. The maximum atomic E-state index is 12.0. The van der Waals surface area contributed by atoms with Crippen molar-refractivity contribution in [3.05, 3.63) is 218 Å². The van der Waals surface area contributed by atoms with Gasteiger partial charge >= 0.3 is 0 Å². The van der Waals surface area contributed by atoms with Gasteiger partial charge in [0, 0.05) is 22.7 Å². The molecule has 0 fully saturated rings. The normalized spacial score (nSPS) is 11.0. The van der Waals surface area contributed by atoms with Crippen LogP contribution in [0.25, 0.3) is 55.6 Å². The fraction of sp³-hybridized carbons (Fsp3) is 0. The van der Waals surface area contributed by atoms with Gasteiger partial charge in [0.15, 0.2) is 46.0 Å². The van der Waals surface area contributed by atoms with Gasteiger partial charge < -0.3 is 50.7 Å². The molecular formula is C60H44N2O8. The molecule has 0 aliphatic rings. The molecule has 0 atom stereocenters. The highest BCUT2D eigenvalue weighted by molar-refractivity contribution is 6.01. The second kappa shape index (κ2) is 18.5. The van der Waals surface area contributed by atoms with E-state index in [0.29, 0.717) is 22.7 Å². The van der Waals surface area contributed by atoms with Crippen LogP contribution in [-0.2, 0) is 0 Å². The third-order valence-corrected chi connectivity index (χ3v) is 12.4. The van der Waals surface area contributed by atoms with Crippen molar-refractivity contribution in [2.24, 2.45) is 0 Å². The summed E-state index contributed by atoms with van der Waals surface area (Å²) in [6, 6.07) is 67.4. The second-order valence-corrected chi connectivity index (χ2v) is 16.6. The van der Waals surface area contributed by atoms with Crippen LogP contribution in [0.4, 0.5) is 34.1 Å². The van der Waals surface area contributed by atoms with Crippen LogP contribution in [0.5, 0.6) is 46.0 Å². The lowest BCUT2D eigenvalue weighted by atomic mass is 9.96. The first kappa shape index (κ1) is 44.1. The van der Waals surface area contributed by atoms with E-state index < -0.39 is 68.5 Å². The third kappa shape index (κ3) is 8.01. The molecule has 0 unspecified atom stereocenters. The van der Waals surface area contributed by atoms with Crippen molar-refractivity contribution >= 4 is 34.1 Å². The summed E-state index contributed by atoms with van der Waals surface area (Å²) in [6.45, 7) is 0. The second-order valence-electron chi connectivity index (χ2n) is 16.6. The fourth-order valence-electron chi connectivity index (χ4n) is 8.82. The Hall–Kier alpha value is -9.80. The number of aromatic hydroxyl groups is 8. The van der Waals surface area contributed by atoms with Gasteiger partial charge in [-0.25, -0.2) is 0 Å². The van der Waals surface area contributed by atoms with Crippen molar-refractivity contribution in [3.63, 3.8) is 0 Å². The van der Waals surface area contributed by atoms with E-state index in [2.05, 4.69) is 0 Å². The Morgan fingerprint density at radius 2 is 0.357 bits per heavy atom. The van der Waals surface area contributed by atoms with Crippen LogP contribution in [-0.4, -0.2) is 40.9 Å². The molecule has 342 valence electrons. The maximum Gasteiger partial charge on any atom is 0.186 e. The van der Waals surface area contributed by atoms with E-state index in [4.69, 9.17) is 0 Å². The molecule has 0 heterocycles. The Kier molecular flexibility index (Phi) is 11.6. The van der Waals surface area contributed by atoms with Crippen LogP contribution in [0.3, 0.4) is 0 Å². The van der Waals surface area contributed by atoms with Crippen molar-refractivity contribution < 1.29 is 40.9 Å². The van der Waals surface area contributed by atoms with E-state index in [9.17, 15) is 40.9 Å². The van der Waals surface area contributed by atoms with Gasteiger partial charge in [-0.15, -0.1) is 0 Å². The zero-order valence-electron chi connectivity index (χ0n) is 37.3. The average molecular weight is 921 g/mol. The SMILES string of the molecule is Oc1c(O)c(N(c2ccc(-c3ccccc3)cc2)c2ccc(-c3ccccc3)cc2)c(O)c(O)c1-c1c(O)c(O)c(N(c2ccc(-c3ccccc3)cc2)c2ccc(-c3ccccc3)cc2)c(O)c1O. The Morgan fingerprint density at radius 1 is 0.186 bits per heavy atom. The first-order valence-corrected chi connectivity index (χ1v) is 22.3. The van der Waals surface area contributed by atoms with Gasteiger partial charge in [-0.05, 0) is 93.0 Å². The molecule has 10 aromatic rings. The molecule has 0 aliphatic heterocycles. The summed E-state index contributed by atoms with van der Waals surface area (Å²) in [5, 5.41) is 95.8. The Balaban J connectivity index is 1.11. The number of anilines is 6. The summed E-state index contributed by atoms with van der Waals surface area (Å²) in [5.41, 5.74) is 6.24. The minimum atomic E-state index is -1.10. The molecule has 0 radical (unpaired) electrons. The van der Waals surface area contributed by atoms with Crippen molar-refractivity contribution in [3.8, 4) is 102 Å². The monoisotopic (exact) mass is 920 g/mol. The molecule has 10 aromatic carbocycles. The molecule has 0 spiro atoms. The van der Waals surface area contributed by atoms with Crippen molar-refractivity contribution in [2.45, 2.75) is 0 Å². The number of rotatable bonds is 11. The largest absolute Gasteiger partial charge is 0.504 e. The molecule has 8 N–H and O–H groups in total. The van der Waals surface area contributed by atoms with E-state index >= 15 is 0 Å². The Morgan fingerprint density at radius 3 is 0.543 bits per heavy atom. The molecule has 10 rings (SSSR count). The first-order chi connectivity index (χ1) is 34.1. The molecule has 0 bridgehead atoms. The summed E-state index contributed by atoms with van der Waals surface area (Å²) in [5.74, 6) is -8.26. The van der Waals surface area contributed by atoms with Crippen molar-refractivity contribution in [2.75, 3.05) is 9.80 Å². The van der Waals surface area contributed by atoms with Crippen LogP contribution >= 0.6 is 0 Å². The van der Waals surface area contributed by atoms with Gasteiger partial charge in [0.05, 0.1) is 11.1 Å². The summed E-state index contributed by atoms with van der Waals surface area (Å²) in [4.78, 5) is 2.86. The smallest absolute Gasteiger partial charge is 0.186 e. The van der Waals surface area contributed by atoms with Gasteiger partial charge in [0.2, 0.25) is 0 Å². The Labute approximate surface area is 403 Å². The van der Waals surface area contributed by atoms with Gasteiger partial charge in [-0.3, -0.25) is 0 Å². The summed E-state index contributed by atoms with van der Waals surface area (Å²) < 4.78 is 0. The molecule has 10 nitrogen and oxygen atoms in total. The zero-order valence-corrected chi connectivity index (χ0v) is 37.3. The number of phenols is 8. The summed E-state index contributed by atoms with van der Waals surface area (Å²) in [6.07, 6.45) is 0. The van der Waals surface area contributed by atoms with E-state index in [1.165, 1.54) is 9.80 Å². The molecule has 0 saturated carbocycles. The summed E-state index contributed by atoms with van der Waals surface area (Å²) in [7, 11) is 0. The predicted molar refractivity (Wildman–Crippen MR) is 276 cm³/mol. The number of benzene rings is 10. The predicted octanol–water partition coefficient (Wildman–Crippen LogP) is 14.6. The zero-order chi connectivity index (χ0) is 48.5. The van der Waals surface area contributed by atoms with Crippen molar-refractivity contribution in [1.29, 1.82) is 0 Å². The van der Waals surface area contributed by atoms with Crippen LogP contribution < -0.4 is 9.80 Å². The highest BCUT2D eigenvalue weighted by Crippen LogP contribution is 2.65. The maximum absolute atomic E-state index is 12.0. The van der Waals surface area contributed by atoms with Crippen molar-refractivity contribution in [1.82, 2.24) is 0 Å². The highest BCUT2D eigenvalue weighted by atomic mass is 16.3. The number of hydrogen-bond acceptors (Lipinski definition) is 10. The number of phenolic OH excluding ortho intramolecular Hbond substituents is 8. The number of nitrogens with zero attached hydrogens (tertiary/aromatic N) is 2. The summed E-state index contributed by atoms with van der Waals surface area (Å²) >= 11 is 0. The lowest BCUT2D eigenvalue weighted by molar-refractivity contribution is 0.368. The highest BCUT2D eigenvalue weighted by Gasteiger charge is 2.36. The fourth-order valence-corrected chi connectivity index (χ4v) is 8.82. The van der Waals surface area contributed by atoms with E-state index in [1.54, 1.807) is 48.5 Å². The van der Waals surface area contributed by atoms with Gasteiger partial charge in [0.25, 0.3) is 0 Å². The van der Waals surface area contributed by atoms with E-state index in [0.717, 1.165) is 44.5 Å². The molecule has 0 amide bonds. The van der Waals surface area contributed by atoms with Crippen LogP contribution in [0.1, 0.15) is 0 Å². The minimum absolute atomic E-state index is 0.406. The van der Waals surface area contributed by atoms with Gasteiger partial charge in [-0.2, -0.15) is 0 Å². The van der Waals surface area contributed by atoms with Gasteiger partial charge in [-0.1, -0.05) is 170 Å². The molecule has 0 saturated heterocycles. The topological polar surface area (TPSA) is 168 Å². The van der Waals surface area contributed by atoms with E-state index in [1.807, 2.05) is 170 Å². The van der Waals surface area contributed by atoms with E-state index in [-0.39, 0.29) is 0 Å². The van der Waals surface area contributed by atoms with Gasteiger partial charge in [0.1, 0.15) is 11.4 Å². The molecule has 10 heteroatoms. The Bertz CT molecular complexity index is 3010. The number of hydrogen-bond donors (Lipinski definition) is 8. The average Bonchev–Trinajstić information content (AvgIpc) is 3.42. The minimum Gasteiger partial charge on any atom is -0.504 e. The lowest BCUT2D eigenvalue weighted by Crippen LogP contribution is -2.11. The molecule has 0 aromatic heterocycles.